The second kappa shape index (κ2) is 12.5. The first-order valence-corrected chi connectivity index (χ1v) is 13.5. The zero-order valence-electron chi connectivity index (χ0n) is 21.8. The normalized spacial score (nSPS) is 12.5. The van der Waals surface area contributed by atoms with E-state index in [0.717, 1.165) is 36.5 Å². The number of nitrogens with one attached hydrogen (secondary N) is 1. The molecule has 0 saturated heterocycles. The van der Waals surface area contributed by atoms with Gasteiger partial charge in [-0.1, -0.05) is 89.9 Å². The number of nitrogens with zero attached hydrogens (tertiary/aromatic N) is 3. The van der Waals surface area contributed by atoms with Crippen LogP contribution in [0.25, 0.3) is 11.4 Å². The molecule has 0 bridgehead atoms. The van der Waals surface area contributed by atoms with Crippen LogP contribution in [-0.4, -0.2) is 26.4 Å². The Labute approximate surface area is 217 Å². The molecule has 0 aliphatic heterocycles. The summed E-state index contributed by atoms with van der Waals surface area (Å²) in [6, 6.07) is 11.5. The molecule has 0 spiro atoms. The van der Waals surface area contributed by atoms with Gasteiger partial charge in [0.1, 0.15) is 11.6 Å². The van der Waals surface area contributed by atoms with Gasteiger partial charge in [0.2, 0.25) is 5.91 Å². The van der Waals surface area contributed by atoms with E-state index >= 15 is 0 Å². The summed E-state index contributed by atoms with van der Waals surface area (Å²) in [5, 5.41) is 12.0. The van der Waals surface area contributed by atoms with E-state index in [1.165, 1.54) is 42.7 Å². The monoisotopic (exact) mass is 514 g/mol. The highest BCUT2D eigenvalue weighted by Gasteiger charge is 2.19. The maximum absolute atomic E-state index is 13.9. The number of unbranched alkanes of at least 4 members (excludes halogenated alkanes) is 2. The summed E-state index contributed by atoms with van der Waals surface area (Å²) < 4.78 is 29.1. The Kier molecular flexibility index (Phi) is 9.65. The number of hydrogen-bond donors (Lipinski definition) is 1. The lowest BCUT2D eigenvalue weighted by atomic mass is 9.86. The Morgan fingerprint density at radius 1 is 1.08 bits per heavy atom. The van der Waals surface area contributed by atoms with E-state index in [4.69, 9.17) is 0 Å². The summed E-state index contributed by atoms with van der Waals surface area (Å²) in [7, 11) is 0. The van der Waals surface area contributed by atoms with Crippen LogP contribution in [0.5, 0.6) is 0 Å². The molecule has 2 aromatic carbocycles. The molecule has 1 atom stereocenters. The van der Waals surface area contributed by atoms with Crippen molar-refractivity contribution >= 4 is 23.4 Å². The molecule has 1 heterocycles. The molecule has 1 N–H and O–H groups in total. The molecule has 3 aromatic rings. The van der Waals surface area contributed by atoms with Crippen molar-refractivity contribution in [1.29, 1.82) is 0 Å². The predicted octanol–water partition coefficient (Wildman–Crippen LogP) is 7.47. The van der Waals surface area contributed by atoms with Gasteiger partial charge in [-0.05, 0) is 35.4 Å². The van der Waals surface area contributed by atoms with Crippen LogP contribution in [0.1, 0.15) is 65.9 Å². The molecule has 0 radical (unpaired) electrons. The summed E-state index contributed by atoms with van der Waals surface area (Å²) in [5.74, 6) is -0.677. The van der Waals surface area contributed by atoms with Gasteiger partial charge in [0.05, 0.1) is 11.4 Å². The zero-order chi connectivity index (χ0) is 26.3. The van der Waals surface area contributed by atoms with Crippen LogP contribution in [0.4, 0.5) is 14.5 Å². The topological polar surface area (TPSA) is 59.8 Å². The summed E-state index contributed by atoms with van der Waals surface area (Å²) in [5.41, 5.74) is 2.22. The van der Waals surface area contributed by atoms with E-state index in [2.05, 4.69) is 79.0 Å². The van der Waals surface area contributed by atoms with Gasteiger partial charge in [0.25, 0.3) is 0 Å². The van der Waals surface area contributed by atoms with Gasteiger partial charge in [0, 0.05) is 18.2 Å². The van der Waals surface area contributed by atoms with Gasteiger partial charge >= 0.3 is 0 Å². The number of amides is 1. The van der Waals surface area contributed by atoms with Crippen LogP contribution in [0.2, 0.25) is 0 Å². The van der Waals surface area contributed by atoms with E-state index in [-0.39, 0.29) is 16.9 Å². The predicted molar refractivity (Wildman–Crippen MR) is 143 cm³/mol. The quantitative estimate of drug-likeness (QED) is 0.213. The third-order valence-electron chi connectivity index (χ3n) is 6.06. The molecule has 1 amide bonds. The van der Waals surface area contributed by atoms with E-state index in [0.29, 0.717) is 11.1 Å². The lowest BCUT2D eigenvalue weighted by Crippen LogP contribution is -2.16. The minimum atomic E-state index is -0.807. The molecule has 8 heteroatoms. The minimum absolute atomic E-state index is 0.0299. The molecule has 0 aliphatic carbocycles. The fraction of sp³-hybridized carbons (Fsp3) is 0.464. The maximum Gasteiger partial charge on any atom is 0.234 e. The van der Waals surface area contributed by atoms with Crippen LogP contribution in [0.3, 0.4) is 0 Å². The first-order chi connectivity index (χ1) is 17.1. The third kappa shape index (κ3) is 7.63. The number of halogens is 2. The van der Waals surface area contributed by atoms with Crippen molar-refractivity contribution in [2.45, 2.75) is 77.4 Å². The van der Waals surface area contributed by atoms with Crippen LogP contribution in [-0.2, 0) is 16.8 Å². The fourth-order valence-corrected chi connectivity index (χ4v) is 4.69. The molecule has 0 saturated carbocycles. The van der Waals surface area contributed by atoms with E-state index in [1.807, 2.05) is 0 Å². The molecule has 5 nitrogen and oxygen atoms in total. The van der Waals surface area contributed by atoms with Gasteiger partial charge in [-0.15, -0.1) is 10.2 Å². The second-order valence-electron chi connectivity index (χ2n) is 10.3. The number of thioether (sulfide) groups is 1. The first kappa shape index (κ1) is 27.8. The molecule has 36 heavy (non-hydrogen) atoms. The van der Waals surface area contributed by atoms with Crippen LogP contribution in [0, 0.1) is 17.6 Å². The molecule has 194 valence electrons. The highest BCUT2D eigenvalue weighted by molar-refractivity contribution is 7.99. The molecule has 3 rings (SSSR count). The smallest absolute Gasteiger partial charge is 0.234 e. The molecular weight excluding hydrogens is 478 g/mol. The molecule has 0 fully saturated rings. The van der Waals surface area contributed by atoms with E-state index < -0.39 is 17.5 Å². The average molecular weight is 515 g/mol. The van der Waals surface area contributed by atoms with Crippen LogP contribution in [0.15, 0.2) is 47.6 Å². The van der Waals surface area contributed by atoms with E-state index in [9.17, 15) is 13.6 Å². The van der Waals surface area contributed by atoms with Crippen molar-refractivity contribution in [2.24, 2.45) is 5.92 Å². The van der Waals surface area contributed by atoms with Crippen molar-refractivity contribution in [2.75, 3.05) is 11.1 Å². The number of benzene rings is 2. The highest BCUT2D eigenvalue weighted by Crippen LogP contribution is 2.29. The summed E-state index contributed by atoms with van der Waals surface area (Å²) >= 11 is 1.26. The van der Waals surface area contributed by atoms with Crippen molar-refractivity contribution in [3.8, 4) is 11.4 Å². The number of hydrogen-bond acceptors (Lipinski definition) is 4. The lowest BCUT2D eigenvalue weighted by molar-refractivity contribution is -0.113. The number of anilines is 1. The number of carbonyl (C=O) groups is 1. The average Bonchev–Trinajstić information content (AvgIpc) is 3.21. The first-order valence-electron chi connectivity index (χ1n) is 12.5. The number of rotatable bonds is 11. The third-order valence-corrected chi connectivity index (χ3v) is 7.03. The summed E-state index contributed by atoms with van der Waals surface area (Å²) in [4.78, 5) is 12.5. The standard InChI is InChI=1S/C28H36F2N4OS/c1-6-7-8-9-19(2)17-34-26(20-10-12-21(13-11-20)28(3,4)5)32-33-27(34)36-18-25(35)31-24-15-14-22(29)16-23(24)30/h10-16,19H,6-9,17-18H2,1-5H3,(H,31,35). The second-order valence-corrected chi connectivity index (χ2v) is 11.2. The zero-order valence-corrected chi connectivity index (χ0v) is 22.6. The molecular formula is C28H36F2N4OS. The Morgan fingerprint density at radius 2 is 1.81 bits per heavy atom. The van der Waals surface area contributed by atoms with Crippen molar-refractivity contribution < 1.29 is 13.6 Å². The van der Waals surface area contributed by atoms with Crippen LogP contribution >= 0.6 is 11.8 Å². The van der Waals surface area contributed by atoms with Gasteiger partial charge in [-0.3, -0.25) is 4.79 Å². The van der Waals surface area contributed by atoms with Gasteiger partial charge < -0.3 is 9.88 Å². The van der Waals surface area contributed by atoms with Gasteiger partial charge in [-0.25, -0.2) is 8.78 Å². The Hall–Kier alpha value is -2.74. The minimum Gasteiger partial charge on any atom is -0.323 e. The summed E-state index contributed by atoms with van der Waals surface area (Å²) in [6.45, 7) is 11.7. The Morgan fingerprint density at radius 3 is 2.44 bits per heavy atom. The summed E-state index contributed by atoms with van der Waals surface area (Å²) in [6.07, 6.45) is 4.65. The maximum atomic E-state index is 13.9. The van der Waals surface area contributed by atoms with Gasteiger partial charge in [0.15, 0.2) is 11.0 Å². The molecule has 1 aromatic heterocycles. The Balaban J connectivity index is 1.78. The number of carbonyl (C=O) groups excluding carboxylic acids is 1. The van der Waals surface area contributed by atoms with Gasteiger partial charge in [-0.2, -0.15) is 0 Å². The SMILES string of the molecule is CCCCCC(C)Cn1c(SCC(=O)Nc2ccc(F)cc2F)nnc1-c1ccc(C(C)(C)C)cc1. The highest BCUT2D eigenvalue weighted by atomic mass is 32.2. The van der Waals surface area contributed by atoms with Crippen LogP contribution < -0.4 is 5.32 Å². The Bertz CT molecular complexity index is 1160. The molecule has 0 aliphatic rings. The van der Waals surface area contributed by atoms with Crippen molar-refractivity contribution in [3.05, 3.63) is 59.7 Å². The number of aromatic nitrogens is 3. The molecule has 1 unspecified atom stereocenters. The van der Waals surface area contributed by atoms with E-state index in [1.54, 1.807) is 0 Å². The van der Waals surface area contributed by atoms with Crippen molar-refractivity contribution in [3.63, 3.8) is 0 Å². The van der Waals surface area contributed by atoms with Crippen molar-refractivity contribution in [1.82, 2.24) is 14.8 Å². The fourth-order valence-electron chi connectivity index (χ4n) is 3.95. The lowest BCUT2D eigenvalue weighted by Gasteiger charge is -2.19. The largest absolute Gasteiger partial charge is 0.323 e.